The molecule has 2 nitrogen and oxygen atoms in total. The third kappa shape index (κ3) is 2.04. The molecule has 0 bridgehead atoms. The highest BCUT2D eigenvalue weighted by molar-refractivity contribution is 7.80. The largest absolute Gasteiger partial charge is 0.345 e. The van der Waals surface area contributed by atoms with Gasteiger partial charge >= 0.3 is 0 Å². The Hall–Kier alpha value is -0.960. The van der Waals surface area contributed by atoms with Crippen LogP contribution in [-0.4, -0.2) is 24.9 Å². The summed E-state index contributed by atoms with van der Waals surface area (Å²) in [7, 11) is 3.49. The van der Waals surface area contributed by atoms with E-state index in [9.17, 15) is 4.79 Å². The van der Waals surface area contributed by atoms with Gasteiger partial charge in [0, 0.05) is 24.6 Å². The van der Waals surface area contributed by atoms with E-state index in [-0.39, 0.29) is 5.91 Å². The van der Waals surface area contributed by atoms with Crippen LogP contribution < -0.4 is 0 Å². The van der Waals surface area contributed by atoms with Crippen LogP contribution in [0.3, 0.4) is 0 Å². The van der Waals surface area contributed by atoms with Gasteiger partial charge in [-0.05, 0) is 24.6 Å². The Labute approximate surface area is 84.0 Å². The van der Waals surface area contributed by atoms with Crippen molar-refractivity contribution in [2.45, 2.75) is 11.8 Å². The normalized spacial score (nSPS) is 9.85. The Morgan fingerprint density at radius 2 is 2.00 bits per heavy atom. The average Bonchev–Trinajstić information content (AvgIpc) is 2.08. The molecule has 13 heavy (non-hydrogen) atoms. The first-order chi connectivity index (χ1) is 6.04. The zero-order valence-corrected chi connectivity index (χ0v) is 8.93. The van der Waals surface area contributed by atoms with Crippen LogP contribution >= 0.6 is 12.6 Å². The number of nitrogens with zero attached hydrogens (tertiary/aromatic N) is 1. The van der Waals surface area contributed by atoms with Gasteiger partial charge in [-0.25, -0.2) is 0 Å². The maximum atomic E-state index is 11.6. The van der Waals surface area contributed by atoms with Crippen molar-refractivity contribution in [1.82, 2.24) is 4.90 Å². The molecule has 0 unspecified atom stereocenters. The second-order valence-corrected chi connectivity index (χ2v) is 3.63. The van der Waals surface area contributed by atoms with E-state index in [0.717, 1.165) is 16.0 Å². The van der Waals surface area contributed by atoms with E-state index in [1.54, 1.807) is 19.0 Å². The minimum atomic E-state index is 0.0217. The smallest absolute Gasteiger partial charge is 0.253 e. The number of hydrogen-bond acceptors (Lipinski definition) is 2. The summed E-state index contributed by atoms with van der Waals surface area (Å²) in [6.45, 7) is 1.90. The number of thiol groups is 1. The topological polar surface area (TPSA) is 20.3 Å². The molecule has 0 radical (unpaired) electrons. The molecule has 3 heteroatoms. The van der Waals surface area contributed by atoms with Crippen LogP contribution in [0.25, 0.3) is 0 Å². The van der Waals surface area contributed by atoms with Gasteiger partial charge in [0.05, 0.1) is 0 Å². The van der Waals surface area contributed by atoms with Gasteiger partial charge in [0.15, 0.2) is 0 Å². The van der Waals surface area contributed by atoms with Crippen LogP contribution in [0, 0.1) is 6.92 Å². The zero-order chi connectivity index (χ0) is 10.0. The molecule has 0 atom stereocenters. The highest BCUT2D eigenvalue weighted by Crippen LogP contribution is 2.17. The maximum absolute atomic E-state index is 11.6. The van der Waals surface area contributed by atoms with Gasteiger partial charge in [0.1, 0.15) is 0 Å². The number of benzene rings is 1. The van der Waals surface area contributed by atoms with E-state index in [4.69, 9.17) is 0 Å². The van der Waals surface area contributed by atoms with Crippen LogP contribution in [0.2, 0.25) is 0 Å². The highest BCUT2D eigenvalue weighted by Gasteiger charge is 2.11. The standard InChI is InChI=1S/C10H13NOS/c1-7-8(10(12)11(2)3)5-4-6-9(7)13/h4-6,13H,1-3H3. The molecular weight excluding hydrogens is 182 g/mol. The molecule has 0 aromatic heterocycles. The number of carbonyl (C=O) groups is 1. The lowest BCUT2D eigenvalue weighted by molar-refractivity contribution is 0.0826. The second-order valence-electron chi connectivity index (χ2n) is 3.15. The van der Waals surface area contributed by atoms with Gasteiger partial charge in [0.25, 0.3) is 5.91 Å². The Morgan fingerprint density at radius 1 is 1.38 bits per heavy atom. The predicted octanol–water partition coefficient (Wildman–Crippen LogP) is 1.99. The number of hydrogen-bond donors (Lipinski definition) is 1. The fourth-order valence-electron chi connectivity index (χ4n) is 1.10. The molecule has 1 aromatic rings. The Bertz CT molecular complexity index is 334. The van der Waals surface area contributed by atoms with E-state index in [2.05, 4.69) is 12.6 Å². The van der Waals surface area contributed by atoms with Gasteiger partial charge in [-0.1, -0.05) is 6.07 Å². The van der Waals surface area contributed by atoms with E-state index < -0.39 is 0 Å². The van der Waals surface area contributed by atoms with E-state index in [0.29, 0.717) is 0 Å². The lowest BCUT2D eigenvalue weighted by Gasteiger charge is -2.12. The Kier molecular flexibility index (Phi) is 2.98. The molecule has 0 saturated carbocycles. The first kappa shape index (κ1) is 10.1. The zero-order valence-electron chi connectivity index (χ0n) is 8.03. The molecule has 1 aromatic carbocycles. The minimum Gasteiger partial charge on any atom is -0.345 e. The van der Waals surface area contributed by atoms with Gasteiger partial charge in [-0.15, -0.1) is 12.6 Å². The molecule has 1 amide bonds. The van der Waals surface area contributed by atoms with Gasteiger partial charge in [0.2, 0.25) is 0 Å². The summed E-state index contributed by atoms with van der Waals surface area (Å²) >= 11 is 4.26. The minimum absolute atomic E-state index is 0.0217. The monoisotopic (exact) mass is 195 g/mol. The molecule has 0 saturated heterocycles. The molecule has 0 spiro atoms. The summed E-state index contributed by atoms with van der Waals surface area (Å²) in [5, 5.41) is 0. The molecular formula is C10H13NOS. The van der Waals surface area contributed by atoms with Crippen LogP contribution in [-0.2, 0) is 0 Å². The SMILES string of the molecule is Cc1c(S)cccc1C(=O)N(C)C. The second kappa shape index (κ2) is 3.83. The first-order valence-corrected chi connectivity index (χ1v) is 4.49. The van der Waals surface area contributed by atoms with Gasteiger partial charge in [-0.3, -0.25) is 4.79 Å². The van der Waals surface area contributed by atoms with Crippen LogP contribution in [0.5, 0.6) is 0 Å². The Morgan fingerprint density at radius 3 is 2.54 bits per heavy atom. The quantitative estimate of drug-likeness (QED) is 0.679. The fraction of sp³-hybridized carbons (Fsp3) is 0.300. The predicted molar refractivity (Wildman–Crippen MR) is 56.4 cm³/mol. The summed E-state index contributed by atoms with van der Waals surface area (Å²) < 4.78 is 0. The summed E-state index contributed by atoms with van der Waals surface area (Å²) in [6.07, 6.45) is 0. The molecule has 0 aliphatic heterocycles. The molecule has 0 heterocycles. The number of amides is 1. The Balaban J connectivity index is 3.15. The van der Waals surface area contributed by atoms with E-state index in [1.807, 2.05) is 25.1 Å². The number of carbonyl (C=O) groups excluding carboxylic acids is 1. The van der Waals surface area contributed by atoms with Crippen molar-refractivity contribution in [2.75, 3.05) is 14.1 Å². The molecule has 0 N–H and O–H groups in total. The van der Waals surface area contributed by atoms with Gasteiger partial charge in [-0.2, -0.15) is 0 Å². The van der Waals surface area contributed by atoms with Crippen molar-refractivity contribution in [3.05, 3.63) is 29.3 Å². The fourth-order valence-corrected chi connectivity index (χ4v) is 1.30. The molecule has 1 rings (SSSR count). The lowest BCUT2D eigenvalue weighted by Crippen LogP contribution is -2.22. The van der Waals surface area contributed by atoms with E-state index in [1.165, 1.54) is 0 Å². The lowest BCUT2D eigenvalue weighted by atomic mass is 10.1. The maximum Gasteiger partial charge on any atom is 0.253 e. The summed E-state index contributed by atoms with van der Waals surface area (Å²) in [4.78, 5) is 14.0. The van der Waals surface area contributed by atoms with Crippen LogP contribution in [0.4, 0.5) is 0 Å². The number of rotatable bonds is 1. The van der Waals surface area contributed by atoms with Crippen molar-refractivity contribution >= 4 is 18.5 Å². The first-order valence-electron chi connectivity index (χ1n) is 4.04. The van der Waals surface area contributed by atoms with Crippen LogP contribution in [0.1, 0.15) is 15.9 Å². The highest BCUT2D eigenvalue weighted by atomic mass is 32.1. The molecule has 0 aliphatic rings. The summed E-state index contributed by atoms with van der Waals surface area (Å²) in [5.41, 5.74) is 1.65. The van der Waals surface area contributed by atoms with Crippen molar-refractivity contribution in [2.24, 2.45) is 0 Å². The summed E-state index contributed by atoms with van der Waals surface area (Å²) in [5.74, 6) is 0.0217. The average molecular weight is 195 g/mol. The molecule has 70 valence electrons. The third-order valence-corrected chi connectivity index (χ3v) is 2.43. The summed E-state index contributed by atoms with van der Waals surface area (Å²) in [6, 6.07) is 5.54. The van der Waals surface area contributed by atoms with E-state index >= 15 is 0 Å². The van der Waals surface area contributed by atoms with Crippen LogP contribution in [0.15, 0.2) is 23.1 Å². The van der Waals surface area contributed by atoms with Crippen molar-refractivity contribution in [3.63, 3.8) is 0 Å². The van der Waals surface area contributed by atoms with Gasteiger partial charge < -0.3 is 4.90 Å². The van der Waals surface area contributed by atoms with Crippen molar-refractivity contribution in [3.8, 4) is 0 Å². The molecule has 0 aliphatic carbocycles. The van der Waals surface area contributed by atoms with Crippen molar-refractivity contribution in [1.29, 1.82) is 0 Å². The molecule has 0 fully saturated rings. The third-order valence-electron chi connectivity index (χ3n) is 1.94. The van der Waals surface area contributed by atoms with Crippen molar-refractivity contribution < 1.29 is 4.79 Å².